The fourth-order valence-corrected chi connectivity index (χ4v) is 5.28. The smallest absolute Gasteiger partial charge is 0.243 e. The van der Waals surface area contributed by atoms with Gasteiger partial charge in [-0.3, -0.25) is 4.90 Å². The van der Waals surface area contributed by atoms with Gasteiger partial charge in [-0.15, -0.1) is 0 Å². The van der Waals surface area contributed by atoms with Crippen LogP contribution in [0.3, 0.4) is 0 Å². The van der Waals surface area contributed by atoms with Crippen LogP contribution in [0.1, 0.15) is 25.7 Å². The van der Waals surface area contributed by atoms with E-state index in [2.05, 4.69) is 4.90 Å². The molecule has 0 radical (unpaired) electrons. The van der Waals surface area contributed by atoms with Crippen molar-refractivity contribution in [3.05, 3.63) is 18.2 Å². The van der Waals surface area contributed by atoms with E-state index < -0.39 is 10.0 Å². The highest BCUT2D eigenvalue weighted by Gasteiger charge is 2.30. The number of benzene rings is 1. The van der Waals surface area contributed by atoms with Crippen molar-refractivity contribution in [1.29, 1.82) is 0 Å². The Bertz CT molecular complexity index is 740. The molecule has 0 saturated carbocycles. The number of nitrogens with zero attached hydrogens (tertiary/aromatic N) is 2. The lowest BCUT2D eigenvalue weighted by atomic mass is 10.1. The van der Waals surface area contributed by atoms with E-state index in [4.69, 9.17) is 14.2 Å². The van der Waals surface area contributed by atoms with Crippen LogP contribution in [0.5, 0.6) is 11.5 Å². The van der Waals surface area contributed by atoms with Crippen LogP contribution in [0.15, 0.2) is 23.1 Å². The average molecular weight is 397 g/mol. The van der Waals surface area contributed by atoms with E-state index in [-0.39, 0.29) is 4.90 Å². The van der Waals surface area contributed by atoms with Gasteiger partial charge >= 0.3 is 0 Å². The number of fused-ring (bicyclic) bond motifs is 1. The van der Waals surface area contributed by atoms with Gasteiger partial charge in [0.15, 0.2) is 11.5 Å². The maximum atomic E-state index is 13.0. The molecule has 0 aliphatic carbocycles. The molecule has 2 saturated heterocycles. The quantitative estimate of drug-likeness (QED) is 0.772. The summed E-state index contributed by atoms with van der Waals surface area (Å²) in [4.78, 5) is 2.59. The third-order valence-corrected chi connectivity index (χ3v) is 7.32. The molecule has 3 aliphatic rings. The van der Waals surface area contributed by atoms with E-state index in [0.29, 0.717) is 43.9 Å². The topological polar surface area (TPSA) is 68.3 Å². The molecular weight excluding hydrogens is 368 g/mol. The first-order valence-electron chi connectivity index (χ1n) is 9.87. The first-order chi connectivity index (χ1) is 13.1. The monoisotopic (exact) mass is 396 g/mol. The second-order valence-corrected chi connectivity index (χ2v) is 9.29. The molecule has 1 unspecified atom stereocenters. The number of rotatable bonds is 4. The number of hydrogen-bond donors (Lipinski definition) is 0. The van der Waals surface area contributed by atoms with Crippen molar-refractivity contribution in [3.63, 3.8) is 0 Å². The van der Waals surface area contributed by atoms with E-state index in [0.717, 1.165) is 45.5 Å². The van der Waals surface area contributed by atoms with Crippen LogP contribution in [0, 0.1) is 0 Å². The molecule has 0 N–H and O–H groups in total. The Kier molecular flexibility index (Phi) is 5.87. The van der Waals surface area contributed by atoms with Crippen molar-refractivity contribution in [2.45, 2.75) is 36.7 Å². The van der Waals surface area contributed by atoms with Gasteiger partial charge in [0.25, 0.3) is 0 Å². The van der Waals surface area contributed by atoms with Crippen molar-refractivity contribution >= 4 is 10.0 Å². The number of hydrogen-bond acceptors (Lipinski definition) is 6. The zero-order valence-corrected chi connectivity index (χ0v) is 16.5. The summed E-state index contributed by atoms with van der Waals surface area (Å²) in [6.07, 6.45) is 4.57. The predicted molar refractivity (Wildman–Crippen MR) is 101 cm³/mol. The molecule has 8 heteroatoms. The molecule has 1 aromatic rings. The van der Waals surface area contributed by atoms with Crippen LogP contribution in [0.2, 0.25) is 0 Å². The SMILES string of the molecule is O=S(=O)(c1ccc2c(c1)OCCCO2)N1CCN(CC2CCCCO2)CC1. The highest BCUT2D eigenvalue weighted by molar-refractivity contribution is 7.89. The summed E-state index contributed by atoms with van der Waals surface area (Å²) in [5.74, 6) is 1.13. The minimum atomic E-state index is -3.52. The van der Waals surface area contributed by atoms with Crippen LogP contribution in [-0.4, -0.2) is 76.3 Å². The van der Waals surface area contributed by atoms with E-state index in [1.165, 1.54) is 6.42 Å². The van der Waals surface area contributed by atoms with Crippen LogP contribution >= 0.6 is 0 Å². The van der Waals surface area contributed by atoms with Gasteiger partial charge < -0.3 is 14.2 Å². The lowest BCUT2D eigenvalue weighted by molar-refractivity contribution is -0.0103. The number of sulfonamides is 1. The maximum Gasteiger partial charge on any atom is 0.243 e. The molecule has 0 spiro atoms. The molecule has 3 aliphatic heterocycles. The van der Waals surface area contributed by atoms with Gasteiger partial charge in [0, 0.05) is 51.8 Å². The number of piperazine rings is 1. The maximum absolute atomic E-state index is 13.0. The third kappa shape index (κ3) is 4.39. The second-order valence-electron chi connectivity index (χ2n) is 7.35. The van der Waals surface area contributed by atoms with Crippen molar-refractivity contribution in [2.24, 2.45) is 0 Å². The summed E-state index contributed by atoms with van der Waals surface area (Å²) in [5.41, 5.74) is 0. The summed E-state index contributed by atoms with van der Waals surface area (Å²) in [6.45, 7) is 5.37. The van der Waals surface area contributed by atoms with Gasteiger partial charge in [-0.2, -0.15) is 4.31 Å². The molecule has 0 aromatic heterocycles. The van der Waals surface area contributed by atoms with Gasteiger partial charge in [0.1, 0.15) is 0 Å². The van der Waals surface area contributed by atoms with Crippen molar-refractivity contribution in [2.75, 3.05) is 52.5 Å². The zero-order chi connectivity index (χ0) is 18.7. The molecule has 150 valence electrons. The Morgan fingerprint density at radius 1 is 0.926 bits per heavy atom. The highest BCUT2D eigenvalue weighted by Crippen LogP contribution is 2.33. The largest absolute Gasteiger partial charge is 0.490 e. The molecule has 27 heavy (non-hydrogen) atoms. The Labute approximate surface area is 161 Å². The predicted octanol–water partition coefficient (Wildman–Crippen LogP) is 1.72. The molecule has 4 rings (SSSR count). The first-order valence-corrected chi connectivity index (χ1v) is 11.3. The van der Waals surface area contributed by atoms with Crippen molar-refractivity contribution in [3.8, 4) is 11.5 Å². The molecule has 3 heterocycles. The lowest BCUT2D eigenvalue weighted by Gasteiger charge is -2.36. The van der Waals surface area contributed by atoms with Gasteiger partial charge in [0.2, 0.25) is 10.0 Å². The Morgan fingerprint density at radius 3 is 2.44 bits per heavy atom. The van der Waals surface area contributed by atoms with Crippen LogP contribution in [-0.2, 0) is 14.8 Å². The lowest BCUT2D eigenvalue weighted by Crippen LogP contribution is -2.50. The standard InChI is InChI=1S/C19H28N2O5S/c22-27(23,17-5-6-18-19(14-17)26-13-3-12-25-18)21-9-7-20(8-10-21)15-16-4-1-2-11-24-16/h5-6,14,16H,1-4,7-13,15H2. The minimum absolute atomic E-state index is 0.274. The molecule has 0 amide bonds. The second kappa shape index (κ2) is 8.34. The van der Waals surface area contributed by atoms with Crippen molar-refractivity contribution in [1.82, 2.24) is 9.21 Å². The summed E-state index contributed by atoms with van der Waals surface area (Å²) in [7, 11) is -3.52. The van der Waals surface area contributed by atoms with E-state index in [9.17, 15) is 8.42 Å². The van der Waals surface area contributed by atoms with E-state index >= 15 is 0 Å². The van der Waals surface area contributed by atoms with Gasteiger partial charge in [-0.25, -0.2) is 8.42 Å². The summed E-state index contributed by atoms with van der Waals surface area (Å²) < 4.78 is 44.7. The molecule has 1 atom stereocenters. The molecule has 0 bridgehead atoms. The summed E-state index contributed by atoms with van der Waals surface area (Å²) in [5, 5.41) is 0. The van der Waals surface area contributed by atoms with E-state index in [1.54, 1.807) is 22.5 Å². The molecule has 7 nitrogen and oxygen atoms in total. The molecule has 2 fully saturated rings. The average Bonchev–Trinajstić information content (AvgIpc) is 2.94. The Morgan fingerprint density at radius 2 is 1.70 bits per heavy atom. The van der Waals surface area contributed by atoms with Crippen molar-refractivity contribution < 1.29 is 22.6 Å². The van der Waals surface area contributed by atoms with Crippen LogP contribution < -0.4 is 9.47 Å². The molecular formula is C19H28N2O5S. The number of ether oxygens (including phenoxy) is 3. The first kappa shape index (κ1) is 19.0. The summed E-state index contributed by atoms with van der Waals surface area (Å²) in [6, 6.07) is 4.91. The van der Waals surface area contributed by atoms with Gasteiger partial charge in [0.05, 0.1) is 24.2 Å². The zero-order valence-electron chi connectivity index (χ0n) is 15.6. The van der Waals surface area contributed by atoms with Crippen LogP contribution in [0.4, 0.5) is 0 Å². The molecule has 1 aromatic carbocycles. The van der Waals surface area contributed by atoms with Gasteiger partial charge in [-0.1, -0.05) is 0 Å². The Hall–Kier alpha value is -1.35. The van der Waals surface area contributed by atoms with E-state index in [1.807, 2.05) is 0 Å². The highest BCUT2D eigenvalue weighted by atomic mass is 32.2. The van der Waals surface area contributed by atoms with Crippen LogP contribution in [0.25, 0.3) is 0 Å². The fraction of sp³-hybridized carbons (Fsp3) is 0.684. The van der Waals surface area contributed by atoms with Gasteiger partial charge in [-0.05, 0) is 31.4 Å². The third-order valence-electron chi connectivity index (χ3n) is 5.42. The minimum Gasteiger partial charge on any atom is -0.490 e. The summed E-state index contributed by atoms with van der Waals surface area (Å²) >= 11 is 0. The Balaban J connectivity index is 1.39. The normalized spacial score (nSPS) is 25.1. The fourth-order valence-electron chi connectivity index (χ4n) is 3.84.